The van der Waals surface area contributed by atoms with Gasteiger partial charge >= 0.3 is 0 Å². The molecule has 0 spiro atoms. The molecule has 4 heteroatoms. The summed E-state index contributed by atoms with van der Waals surface area (Å²) in [5.41, 5.74) is 3.40. The van der Waals surface area contributed by atoms with Crippen molar-refractivity contribution in [3.63, 3.8) is 0 Å². The van der Waals surface area contributed by atoms with Gasteiger partial charge in [0, 0.05) is 43.9 Å². The lowest BCUT2D eigenvalue weighted by molar-refractivity contribution is -0.0283. The van der Waals surface area contributed by atoms with Gasteiger partial charge in [0.1, 0.15) is 0 Å². The molecule has 4 nitrogen and oxygen atoms in total. The van der Waals surface area contributed by atoms with E-state index in [1.807, 2.05) is 55.6 Å². The zero-order chi connectivity index (χ0) is 18.9. The van der Waals surface area contributed by atoms with Crippen LogP contribution in [0.1, 0.15) is 40.7 Å². The van der Waals surface area contributed by atoms with E-state index in [-0.39, 0.29) is 11.7 Å². The summed E-state index contributed by atoms with van der Waals surface area (Å²) in [6.07, 6.45) is 3.30. The first-order valence-corrected chi connectivity index (χ1v) is 9.95. The number of hydrogen-bond donors (Lipinski definition) is 2. The number of nitrogens with zero attached hydrogens (tertiary/aromatic N) is 1. The van der Waals surface area contributed by atoms with Gasteiger partial charge < -0.3 is 15.3 Å². The minimum absolute atomic E-state index is 0.0625. The summed E-state index contributed by atoms with van der Waals surface area (Å²) in [6, 6.07) is 15.9. The molecule has 0 amide bonds. The summed E-state index contributed by atoms with van der Waals surface area (Å²) in [7, 11) is 1.91. The minimum atomic E-state index is -0.734. The van der Waals surface area contributed by atoms with Crippen LogP contribution in [0.3, 0.4) is 0 Å². The van der Waals surface area contributed by atoms with Crippen molar-refractivity contribution in [2.24, 2.45) is 5.92 Å². The average Bonchev–Trinajstić information content (AvgIpc) is 2.72. The Morgan fingerprint density at radius 1 is 1.11 bits per heavy atom. The summed E-state index contributed by atoms with van der Waals surface area (Å²) in [5.74, 6) is 0.338. The van der Waals surface area contributed by atoms with Gasteiger partial charge in [0.2, 0.25) is 0 Å². The third-order valence-corrected chi connectivity index (χ3v) is 6.30. The predicted molar refractivity (Wildman–Crippen MR) is 108 cm³/mol. The van der Waals surface area contributed by atoms with E-state index in [0.717, 1.165) is 62.1 Å². The maximum absolute atomic E-state index is 13.0. The van der Waals surface area contributed by atoms with Crippen molar-refractivity contribution in [3.05, 3.63) is 65.2 Å². The highest BCUT2D eigenvalue weighted by Crippen LogP contribution is 2.35. The monoisotopic (exact) mass is 364 g/mol. The Balaban J connectivity index is 1.40. The summed E-state index contributed by atoms with van der Waals surface area (Å²) in [4.78, 5) is 15.4. The van der Waals surface area contributed by atoms with Crippen molar-refractivity contribution < 1.29 is 9.90 Å². The largest absolute Gasteiger partial charge is 0.388 e. The normalized spacial score (nSPS) is 22.3. The van der Waals surface area contributed by atoms with Crippen LogP contribution in [0.4, 0.5) is 5.69 Å². The zero-order valence-electron chi connectivity index (χ0n) is 15.9. The van der Waals surface area contributed by atoms with E-state index in [9.17, 15) is 9.90 Å². The number of aliphatic hydroxyl groups is 1. The second-order valence-corrected chi connectivity index (χ2v) is 7.88. The van der Waals surface area contributed by atoms with E-state index in [0.29, 0.717) is 0 Å². The van der Waals surface area contributed by atoms with Crippen molar-refractivity contribution in [1.29, 1.82) is 0 Å². The number of carbonyl (C=O) groups is 1. The van der Waals surface area contributed by atoms with Crippen molar-refractivity contribution >= 4 is 11.5 Å². The first-order valence-electron chi connectivity index (χ1n) is 9.95. The molecule has 0 saturated carbocycles. The van der Waals surface area contributed by atoms with Crippen LogP contribution in [0.15, 0.2) is 48.5 Å². The minimum Gasteiger partial charge on any atom is -0.388 e. The lowest BCUT2D eigenvalue weighted by atomic mass is 9.80. The molecule has 2 aliphatic rings. The van der Waals surface area contributed by atoms with Crippen molar-refractivity contribution in [2.75, 3.05) is 32.0 Å². The number of anilines is 1. The number of Topliss-reactive ketones (excluding diaryl/α,β-unsaturated/α-hetero) is 1. The number of piperidine rings is 1. The molecule has 1 aliphatic heterocycles. The fourth-order valence-electron chi connectivity index (χ4n) is 4.62. The van der Waals surface area contributed by atoms with E-state index in [4.69, 9.17) is 0 Å². The third kappa shape index (κ3) is 3.52. The quantitative estimate of drug-likeness (QED) is 0.872. The summed E-state index contributed by atoms with van der Waals surface area (Å²) < 4.78 is 0. The van der Waals surface area contributed by atoms with E-state index in [1.165, 1.54) is 5.56 Å². The number of ketones is 1. The van der Waals surface area contributed by atoms with Gasteiger partial charge in [-0.05, 0) is 42.9 Å². The highest BCUT2D eigenvalue weighted by atomic mass is 16.3. The number of hydrogen-bond acceptors (Lipinski definition) is 4. The topological polar surface area (TPSA) is 52.6 Å². The molecule has 2 aromatic carbocycles. The molecule has 1 aliphatic carbocycles. The number of nitrogens with one attached hydrogen (secondary N) is 1. The lowest BCUT2D eigenvalue weighted by Crippen LogP contribution is -2.45. The van der Waals surface area contributed by atoms with Crippen LogP contribution in [0.25, 0.3) is 0 Å². The molecule has 1 heterocycles. The fourth-order valence-corrected chi connectivity index (χ4v) is 4.62. The van der Waals surface area contributed by atoms with E-state index < -0.39 is 5.60 Å². The summed E-state index contributed by atoms with van der Waals surface area (Å²) >= 11 is 0. The Hall–Kier alpha value is -2.17. The Labute approximate surface area is 161 Å². The molecular formula is C23H28N2O2. The summed E-state index contributed by atoms with van der Waals surface area (Å²) in [5, 5.41) is 14.2. The molecule has 0 radical (unpaired) electrons. The molecule has 1 atom stereocenters. The Bertz CT molecular complexity index is 810. The Morgan fingerprint density at radius 3 is 2.56 bits per heavy atom. The number of rotatable bonds is 4. The van der Waals surface area contributed by atoms with Gasteiger partial charge in [0.15, 0.2) is 5.78 Å². The van der Waals surface area contributed by atoms with Crippen molar-refractivity contribution in [3.8, 4) is 0 Å². The van der Waals surface area contributed by atoms with Gasteiger partial charge in [-0.1, -0.05) is 42.5 Å². The molecule has 1 saturated heterocycles. The van der Waals surface area contributed by atoms with E-state index in [2.05, 4.69) is 10.2 Å². The Morgan fingerprint density at radius 2 is 1.85 bits per heavy atom. The first-order chi connectivity index (χ1) is 13.1. The molecule has 4 rings (SSSR count). The maximum Gasteiger partial charge on any atom is 0.167 e. The predicted octanol–water partition coefficient (Wildman–Crippen LogP) is 3.46. The van der Waals surface area contributed by atoms with Gasteiger partial charge in [-0.15, -0.1) is 0 Å². The van der Waals surface area contributed by atoms with E-state index in [1.54, 1.807) is 0 Å². The number of fused-ring (bicyclic) bond motifs is 1. The van der Waals surface area contributed by atoms with Crippen molar-refractivity contribution in [1.82, 2.24) is 4.90 Å². The molecular weight excluding hydrogens is 336 g/mol. The molecule has 1 unspecified atom stereocenters. The highest BCUT2D eigenvalue weighted by molar-refractivity contribution is 6.01. The van der Waals surface area contributed by atoms with Crippen LogP contribution in [0.5, 0.6) is 0 Å². The average molecular weight is 364 g/mol. The van der Waals surface area contributed by atoms with E-state index >= 15 is 0 Å². The van der Waals surface area contributed by atoms with Gasteiger partial charge in [-0.2, -0.15) is 0 Å². The number of benzene rings is 2. The standard InChI is InChI=1S/C23H28N2O2/c1-24-21-9-5-8-20-19(21)11-10-17(22(20)26)16-25-14-12-23(27,13-15-25)18-6-3-2-4-7-18/h2-9,17,24,27H,10-16H2,1H3. The van der Waals surface area contributed by atoms with Gasteiger partial charge in [0.05, 0.1) is 5.60 Å². The second kappa shape index (κ2) is 7.45. The smallest absolute Gasteiger partial charge is 0.167 e. The Kier molecular flexibility index (Phi) is 5.02. The molecule has 142 valence electrons. The van der Waals surface area contributed by atoms with Crippen LogP contribution in [-0.4, -0.2) is 42.5 Å². The lowest BCUT2D eigenvalue weighted by Gasteiger charge is -2.40. The van der Waals surface area contributed by atoms with Crippen molar-refractivity contribution in [2.45, 2.75) is 31.3 Å². The second-order valence-electron chi connectivity index (χ2n) is 7.88. The number of likely N-dealkylation sites (tertiary alicyclic amines) is 1. The molecule has 27 heavy (non-hydrogen) atoms. The van der Waals surface area contributed by atoms with Crippen LogP contribution in [-0.2, 0) is 12.0 Å². The molecule has 2 N–H and O–H groups in total. The molecule has 0 aromatic heterocycles. The fraction of sp³-hybridized carbons (Fsp3) is 0.435. The molecule has 2 aromatic rings. The SMILES string of the molecule is CNc1cccc2c1CCC(CN1CCC(O)(c3ccccc3)CC1)C2=O. The van der Waals surface area contributed by atoms with Crippen LogP contribution >= 0.6 is 0 Å². The van der Waals surface area contributed by atoms with Gasteiger partial charge in [-0.3, -0.25) is 4.79 Å². The van der Waals surface area contributed by atoms with Gasteiger partial charge in [0.25, 0.3) is 0 Å². The zero-order valence-corrected chi connectivity index (χ0v) is 15.9. The van der Waals surface area contributed by atoms with Crippen LogP contribution < -0.4 is 5.32 Å². The third-order valence-electron chi connectivity index (χ3n) is 6.30. The molecule has 1 fully saturated rings. The van der Waals surface area contributed by atoms with Crippen LogP contribution in [0.2, 0.25) is 0 Å². The highest BCUT2D eigenvalue weighted by Gasteiger charge is 2.36. The summed E-state index contributed by atoms with van der Waals surface area (Å²) in [6.45, 7) is 2.46. The first kappa shape index (κ1) is 18.2. The van der Waals surface area contributed by atoms with Gasteiger partial charge in [-0.25, -0.2) is 0 Å². The number of carbonyl (C=O) groups excluding carboxylic acids is 1. The van der Waals surface area contributed by atoms with Crippen LogP contribution in [0, 0.1) is 5.92 Å². The maximum atomic E-state index is 13.0. The molecule has 0 bridgehead atoms.